The van der Waals surface area contributed by atoms with Crippen molar-refractivity contribution in [2.75, 3.05) is 19.7 Å². The van der Waals surface area contributed by atoms with E-state index in [1.54, 1.807) is 5.38 Å². The zero-order valence-corrected chi connectivity index (χ0v) is 13.9. The SMILES string of the molecule is O=C(O)[C@H]1CN(C(=O)c2csc(CCc3ccccc3)n2)CCO1. The molecule has 1 fully saturated rings. The molecule has 1 aliphatic heterocycles. The number of carbonyl (C=O) groups is 2. The van der Waals surface area contributed by atoms with Gasteiger partial charge in [0.15, 0.2) is 6.10 Å². The highest BCUT2D eigenvalue weighted by Crippen LogP contribution is 2.16. The molecule has 24 heavy (non-hydrogen) atoms. The fraction of sp³-hybridized carbons (Fsp3) is 0.353. The minimum Gasteiger partial charge on any atom is -0.479 e. The van der Waals surface area contributed by atoms with E-state index < -0.39 is 12.1 Å². The summed E-state index contributed by atoms with van der Waals surface area (Å²) in [7, 11) is 0. The van der Waals surface area contributed by atoms with Crippen LogP contribution in [0.15, 0.2) is 35.7 Å². The number of rotatable bonds is 5. The van der Waals surface area contributed by atoms with Gasteiger partial charge in [-0.15, -0.1) is 11.3 Å². The molecular weight excluding hydrogens is 328 g/mol. The van der Waals surface area contributed by atoms with Crippen LogP contribution in [0.25, 0.3) is 0 Å². The molecule has 6 nitrogen and oxygen atoms in total. The van der Waals surface area contributed by atoms with Crippen molar-refractivity contribution in [3.8, 4) is 0 Å². The number of aryl methyl sites for hydroxylation is 2. The minimum atomic E-state index is -1.05. The van der Waals surface area contributed by atoms with Gasteiger partial charge < -0.3 is 14.7 Å². The molecular formula is C17H18N2O4S. The van der Waals surface area contributed by atoms with Crippen LogP contribution in [0.3, 0.4) is 0 Å². The summed E-state index contributed by atoms with van der Waals surface area (Å²) < 4.78 is 5.14. The molecule has 1 atom stereocenters. The molecule has 7 heteroatoms. The van der Waals surface area contributed by atoms with Gasteiger partial charge in [-0.25, -0.2) is 9.78 Å². The van der Waals surface area contributed by atoms with Crippen LogP contribution < -0.4 is 0 Å². The van der Waals surface area contributed by atoms with Gasteiger partial charge in [0.1, 0.15) is 5.69 Å². The van der Waals surface area contributed by atoms with E-state index in [1.807, 2.05) is 18.2 Å². The molecule has 2 aromatic rings. The van der Waals surface area contributed by atoms with Crippen molar-refractivity contribution in [3.63, 3.8) is 0 Å². The van der Waals surface area contributed by atoms with Crippen LogP contribution in [0, 0.1) is 0 Å². The topological polar surface area (TPSA) is 79.7 Å². The number of thiazole rings is 1. The maximum absolute atomic E-state index is 12.5. The second kappa shape index (κ2) is 7.55. The average Bonchev–Trinajstić information content (AvgIpc) is 3.09. The summed E-state index contributed by atoms with van der Waals surface area (Å²) in [6.07, 6.45) is 0.697. The summed E-state index contributed by atoms with van der Waals surface area (Å²) in [5.74, 6) is -1.28. The van der Waals surface area contributed by atoms with Crippen LogP contribution in [0.5, 0.6) is 0 Å². The number of morpholine rings is 1. The van der Waals surface area contributed by atoms with E-state index in [0.717, 1.165) is 17.8 Å². The summed E-state index contributed by atoms with van der Waals surface area (Å²) in [6.45, 7) is 0.679. The van der Waals surface area contributed by atoms with Crippen molar-refractivity contribution in [2.24, 2.45) is 0 Å². The van der Waals surface area contributed by atoms with Crippen LogP contribution in [-0.2, 0) is 22.4 Å². The molecule has 1 aromatic heterocycles. The van der Waals surface area contributed by atoms with Crippen molar-refractivity contribution in [1.29, 1.82) is 0 Å². The second-order valence-corrected chi connectivity index (χ2v) is 6.50. The van der Waals surface area contributed by atoms with Gasteiger partial charge in [0.25, 0.3) is 5.91 Å². The number of aliphatic carboxylic acids is 1. The lowest BCUT2D eigenvalue weighted by Crippen LogP contribution is -2.48. The maximum atomic E-state index is 12.5. The number of ether oxygens (including phenoxy) is 1. The highest BCUT2D eigenvalue weighted by atomic mass is 32.1. The number of benzene rings is 1. The normalized spacial score (nSPS) is 17.7. The van der Waals surface area contributed by atoms with Crippen molar-refractivity contribution >= 4 is 23.2 Å². The first-order chi connectivity index (χ1) is 11.6. The van der Waals surface area contributed by atoms with E-state index in [0.29, 0.717) is 12.2 Å². The van der Waals surface area contributed by atoms with E-state index in [9.17, 15) is 9.59 Å². The number of nitrogens with zero attached hydrogens (tertiary/aromatic N) is 2. The van der Waals surface area contributed by atoms with Gasteiger partial charge in [0.2, 0.25) is 0 Å². The van der Waals surface area contributed by atoms with Gasteiger partial charge in [-0.05, 0) is 12.0 Å². The first kappa shape index (κ1) is 16.6. The lowest BCUT2D eigenvalue weighted by molar-refractivity contribution is -0.154. The molecule has 0 saturated carbocycles. The largest absolute Gasteiger partial charge is 0.479 e. The summed E-state index contributed by atoms with van der Waals surface area (Å²) in [4.78, 5) is 29.4. The predicted octanol–water partition coefficient (Wildman–Crippen LogP) is 1.85. The lowest BCUT2D eigenvalue weighted by Gasteiger charge is -2.30. The molecule has 1 saturated heterocycles. The Hall–Kier alpha value is -2.25. The number of aromatic nitrogens is 1. The first-order valence-electron chi connectivity index (χ1n) is 7.75. The number of hydrogen-bond donors (Lipinski definition) is 1. The Bertz CT molecular complexity index is 716. The molecule has 3 rings (SSSR count). The van der Waals surface area contributed by atoms with E-state index in [4.69, 9.17) is 9.84 Å². The summed E-state index contributed by atoms with van der Waals surface area (Å²) in [5.41, 5.74) is 1.62. The quantitative estimate of drug-likeness (QED) is 0.894. The molecule has 126 valence electrons. The molecule has 0 bridgehead atoms. The van der Waals surface area contributed by atoms with Crippen molar-refractivity contribution < 1.29 is 19.4 Å². The fourth-order valence-electron chi connectivity index (χ4n) is 2.57. The van der Waals surface area contributed by atoms with E-state index >= 15 is 0 Å². The standard InChI is InChI=1S/C17H18N2O4S/c20-16(19-8-9-23-14(10-19)17(21)22)13-11-24-15(18-13)7-6-12-4-2-1-3-5-12/h1-5,11,14H,6-10H2,(H,21,22)/t14-/m1/s1. The van der Waals surface area contributed by atoms with Crippen LogP contribution in [0.1, 0.15) is 21.1 Å². The molecule has 1 amide bonds. The molecule has 0 radical (unpaired) electrons. The van der Waals surface area contributed by atoms with Crippen LogP contribution in [-0.4, -0.2) is 52.7 Å². The van der Waals surface area contributed by atoms with Gasteiger partial charge in [-0.2, -0.15) is 0 Å². The van der Waals surface area contributed by atoms with Crippen LogP contribution in [0.4, 0.5) is 0 Å². The fourth-order valence-corrected chi connectivity index (χ4v) is 3.34. The number of carbonyl (C=O) groups excluding carboxylic acids is 1. The highest BCUT2D eigenvalue weighted by Gasteiger charge is 2.30. The Kier molecular flexibility index (Phi) is 5.22. The van der Waals surface area contributed by atoms with Gasteiger partial charge >= 0.3 is 5.97 Å². The van der Waals surface area contributed by atoms with Crippen molar-refractivity contribution in [1.82, 2.24) is 9.88 Å². The Balaban J connectivity index is 1.60. The average molecular weight is 346 g/mol. The Morgan fingerprint density at radius 1 is 1.29 bits per heavy atom. The van der Waals surface area contributed by atoms with E-state index in [2.05, 4.69) is 17.1 Å². The van der Waals surface area contributed by atoms with Gasteiger partial charge in [-0.3, -0.25) is 4.79 Å². The molecule has 1 N–H and O–H groups in total. The molecule has 1 aliphatic rings. The monoisotopic (exact) mass is 346 g/mol. The number of amides is 1. The molecule has 1 aromatic carbocycles. The third kappa shape index (κ3) is 3.98. The molecule has 0 spiro atoms. The summed E-state index contributed by atoms with van der Waals surface area (Å²) >= 11 is 1.46. The van der Waals surface area contributed by atoms with Crippen molar-refractivity contribution in [3.05, 3.63) is 52.0 Å². The smallest absolute Gasteiger partial charge is 0.334 e. The predicted molar refractivity (Wildman–Crippen MR) is 89.2 cm³/mol. The number of carboxylic acids is 1. The zero-order valence-electron chi connectivity index (χ0n) is 13.1. The van der Waals surface area contributed by atoms with Crippen LogP contribution in [0.2, 0.25) is 0 Å². The third-order valence-corrected chi connectivity index (χ3v) is 4.78. The Morgan fingerprint density at radius 3 is 2.83 bits per heavy atom. The van der Waals surface area contributed by atoms with E-state index in [1.165, 1.54) is 21.8 Å². The van der Waals surface area contributed by atoms with Gasteiger partial charge in [-0.1, -0.05) is 30.3 Å². The zero-order chi connectivity index (χ0) is 16.9. The number of hydrogen-bond acceptors (Lipinski definition) is 5. The minimum absolute atomic E-state index is 0.0606. The third-order valence-electron chi connectivity index (χ3n) is 3.87. The summed E-state index contributed by atoms with van der Waals surface area (Å²) in [6, 6.07) is 10.1. The first-order valence-corrected chi connectivity index (χ1v) is 8.63. The second-order valence-electron chi connectivity index (χ2n) is 5.56. The van der Waals surface area contributed by atoms with Gasteiger partial charge in [0.05, 0.1) is 18.2 Å². The Labute approximate surface area is 143 Å². The van der Waals surface area contributed by atoms with Crippen molar-refractivity contribution in [2.45, 2.75) is 18.9 Å². The lowest BCUT2D eigenvalue weighted by atomic mass is 10.1. The van der Waals surface area contributed by atoms with E-state index in [-0.39, 0.29) is 19.1 Å². The van der Waals surface area contributed by atoms with Crippen LogP contribution >= 0.6 is 11.3 Å². The molecule has 0 unspecified atom stereocenters. The summed E-state index contributed by atoms with van der Waals surface area (Å²) in [5, 5.41) is 11.7. The van der Waals surface area contributed by atoms with Gasteiger partial charge in [0, 0.05) is 18.3 Å². The number of carboxylic acid groups (broad SMARTS) is 1. The Morgan fingerprint density at radius 2 is 2.08 bits per heavy atom. The molecule has 0 aliphatic carbocycles. The molecule has 2 heterocycles. The highest BCUT2D eigenvalue weighted by molar-refractivity contribution is 7.09. The maximum Gasteiger partial charge on any atom is 0.334 e.